The molecule has 24 heavy (non-hydrogen) atoms. The Morgan fingerprint density at radius 3 is 2.96 bits per heavy atom. The number of imidazole rings is 1. The van der Waals surface area contributed by atoms with Crippen LogP contribution in [-0.4, -0.2) is 67.8 Å². The van der Waals surface area contributed by atoms with Crippen molar-refractivity contribution in [2.75, 3.05) is 25.1 Å². The Morgan fingerprint density at radius 2 is 2.25 bits per heavy atom. The molecule has 2 aromatic heterocycles. The van der Waals surface area contributed by atoms with Crippen LogP contribution in [0.25, 0.3) is 11.2 Å². The lowest BCUT2D eigenvalue weighted by molar-refractivity contribution is -0.0491. The van der Waals surface area contributed by atoms with Gasteiger partial charge in [-0.2, -0.15) is 0 Å². The number of aliphatic hydroxyl groups is 2. The van der Waals surface area contributed by atoms with Crippen molar-refractivity contribution in [1.29, 1.82) is 0 Å². The zero-order valence-electron chi connectivity index (χ0n) is 13.4. The zero-order valence-corrected chi connectivity index (χ0v) is 13.4. The van der Waals surface area contributed by atoms with Crippen LogP contribution in [0.1, 0.15) is 19.6 Å². The number of nitrogens with zero attached hydrogens (tertiary/aromatic N) is 4. The van der Waals surface area contributed by atoms with Gasteiger partial charge in [0.15, 0.2) is 23.2 Å². The molecule has 0 bridgehead atoms. The molecule has 2 aromatic rings. The van der Waals surface area contributed by atoms with E-state index in [4.69, 9.17) is 9.47 Å². The number of aromatic nitrogens is 4. The summed E-state index contributed by atoms with van der Waals surface area (Å²) in [6.07, 6.45) is 2.21. The Morgan fingerprint density at radius 1 is 1.38 bits per heavy atom. The van der Waals surface area contributed by atoms with Crippen molar-refractivity contribution in [2.45, 2.75) is 37.8 Å². The van der Waals surface area contributed by atoms with Crippen molar-refractivity contribution < 1.29 is 19.7 Å². The van der Waals surface area contributed by atoms with Gasteiger partial charge in [0.2, 0.25) is 0 Å². The Bertz CT molecular complexity index is 717. The summed E-state index contributed by atoms with van der Waals surface area (Å²) < 4.78 is 12.9. The zero-order chi connectivity index (χ0) is 16.7. The SMILES string of the molecule is C[C@@H]1[C@H](O)[C@@H](n2cnc3c(N[C@@H]4CCOC4)ncnc32)O[C@H]1CO. The van der Waals surface area contributed by atoms with E-state index in [1.54, 1.807) is 10.9 Å². The summed E-state index contributed by atoms with van der Waals surface area (Å²) in [5.74, 6) is 0.473. The summed E-state index contributed by atoms with van der Waals surface area (Å²) in [6, 6.07) is 0.209. The first-order valence-corrected chi connectivity index (χ1v) is 8.15. The van der Waals surface area contributed by atoms with E-state index in [-0.39, 0.29) is 18.6 Å². The average Bonchev–Trinajstić information content (AvgIpc) is 3.30. The highest BCUT2D eigenvalue weighted by Gasteiger charge is 2.42. The maximum Gasteiger partial charge on any atom is 0.167 e. The minimum absolute atomic E-state index is 0.134. The highest BCUT2D eigenvalue weighted by molar-refractivity contribution is 5.82. The number of fused-ring (bicyclic) bond motifs is 1. The molecule has 9 nitrogen and oxygen atoms in total. The monoisotopic (exact) mass is 335 g/mol. The van der Waals surface area contributed by atoms with Crippen molar-refractivity contribution >= 4 is 17.0 Å². The Hall–Kier alpha value is -1.81. The fourth-order valence-corrected chi connectivity index (χ4v) is 3.29. The number of hydrogen-bond donors (Lipinski definition) is 3. The summed E-state index contributed by atoms with van der Waals surface area (Å²) in [5.41, 5.74) is 1.21. The van der Waals surface area contributed by atoms with Gasteiger partial charge < -0.3 is 25.0 Å². The van der Waals surface area contributed by atoms with Crippen LogP contribution < -0.4 is 5.32 Å². The Labute approximate surface area is 138 Å². The van der Waals surface area contributed by atoms with E-state index < -0.39 is 18.4 Å². The molecule has 0 spiro atoms. The first kappa shape index (κ1) is 15.7. The Kier molecular flexibility index (Phi) is 4.09. The quantitative estimate of drug-likeness (QED) is 0.710. The van der Waals surface area contributed by atoms with Gasteiger partial charge in [-0.1, -0.05) is 6.92 Å². The summed E-state index contributed by atoms with van der Waals surface area (Å²) in [6.45, 7) is 3.10. The second kappa shape index (κ2) is 6.25. The fraction of sp³-hybridized carbons (Fsp3) is 0.667. The van der Waals surface area contributed by atoms with Gasteiger partial charge in [-0.05, 0) is 6.42 Å². The summed E-state index contributed by atoms with van der Waals surface area (Å²) in [4.78, 5) is 13.0. The highest BCUT2D eigenvalue weighted by Crippen LogP contribution is 2.35. The molecule has 5 atom stereocenters. The van der Waals surface area contributed by atoms with Gasteiger partial charge in [-0.25, -0.2) is 15.0 Å². The molecule has 0 amide bonds. The lowest BCUT2D eigenvalue weighted by Gasteiger charge is -2.17. The van der Waals surface area contributed by atoms with Crippen molar-refractivity contribution in [3.8, 4) is 0 Å². The van der Waals surface area contributed by atoms with Gasteiger partial charge >= 0.3 is 0 Å². The first-order valence-electron chi connectivity index (χ1n) is 8.15. The third-order valence-electron chi connectivity index (χ3n) is 4.81. The second-order valence-electron chi connectivity index (χ2n) is 6.35. The van der Waals surface area contributed by atoms with Gasteiger partial charge in [0.05, 0.1) is 31.7 Å². The molecule has 0 radical (unpaired) electrons. The second-order valence-corrected chi connectivity index (χ2v) is 6.35. The molecule has 3 N–H and O–H groups in total. The third kappa shape index (κ3) is 2.53. The number of anilines is 1. The maximum absolute atomic E-state index is 10.4. The number of ether oxygens (including phenoxy) is 2. The topological polar surface area (TPSA) is 115 Å². The minimum Gasteiger partial charge on any atom is -0.394 e. The normalized spacial score (nSPS) is 33.4. The summed E-state index contributed by atoms with van der Waals surface area (Å²) in [7, 11) is 0. The number of hydrogen-bond acceptors (Lipinski definition) is 8. The molecule has 2 fully saturated rings. The standard InChI is InChI=1S/C15H21N5O4/c1-8-10(4-21)24-15(12(8)22)20-7-18-11-13(16-6-17-14(11)20)19-9-2-3-23-5-9/h6-10,12,15,21-22H,2-5H2,1H3,(H,16,17,19)/t8-,9+,10-,12-,15-/m0/s1. The summed E-state index contributed by atoms with van der Waals surface area (Å²) in [5, 5.41) is 23.1. The van der Waals surface area contributed by atoms with Crippen LogP contribution in [0.5, 0.6) is 0 Å². The Balaban J connectivity index is 1.65. The van der Waals surface area contributed by atoms with Gasteiger partial charge in [0, 0.05) is 12.5 Å². The molecule has 0 unspecified atom stereocenters. The largest absolute Gasteiger partial charge is 0.394 e. The minimum atomic E-state index is -0.742. The molecule has 0 saturated carbocycles. The lowest BCUT2D eigenvalue weighted by atomic mass is 10.0. The highest BCUT2D eigenvalue weighted by atomic mass is 16.5. The number of aliphatic hydroxyl groups excluding tert-OH is 2. The molecular weight excluding hydrogens is 314 g/mol. The fourth-order valence-electron chi connectivity index (χ4n) is 3.29. The number of nitrogens with one attached hydrogen (secondary N) is 1. The van der Waals surface area contributed by atoms with Crippen molar-refractivity contribution in [3.63, 3.8) is 0 Å². The van der Waals surface area contributed by atoms with E-state index >= 15 is 0 Å². The van der Waals surface area contributed by atoms with E-state index in [2.05, 4.69) is 20.3 Å². The van der Waals surface area contributed by atoms with Gasteiger partial charge in [0.25, 0.3) is 0 Å². The van der Waals surface area contributed by atoms with Crippen molar-refractivity contribution in [2.24, 2.45) is 5.92 Å². The number of rotatable bonds is 4. The van der Waals surface area contributed by atoms with Crippen LogP contribution in [0.3, 0.4) is 0 Å². The molecule has 9 heteroatoms. The van der Waals surface area contributed by atoms with Gasteiger partial charge in [-0.3, -0.25) is 4.57 Å². The van der Waals surface area contributed by atoms with E-state index in [9.17, 15) is 10.2 Å². The third-order valence-corrected chi connectivity index (χ3v) is 4.81. The van der Waals surface area contributed by atoms with E-state index in [0.29, 0.717) is 23.6 Å². The van der Waals surface area contributed by atoms with Gasteiger partial charge in [-0.15, -0.1) is 0 Å². The molecule has 130 valence electrons. The van der Waals surface area contributed by atoms with Crippen LogP contribution in [0, 0.1) is 5.92 Å². The van der Waals surface area contributed by atoms with Crippen molar-refractivity contribution in [3.05, 3.63) is 12.7 Å². The predicted molar refractivity (Wildman–Crippen MR) is 84.3 cm³/mol. The molecule has 2 saturated heterocycles. The maximum atomic E-state index is 10.4. The molecule has 0 aliphatic carbocycles. The molecule has 0 aromatic carbocycles. The van der Waals surface area contributed by atoms with Crippen LogP contribution >= 0.6 is 0 Å². The van der Waals surface area contributed by atoms with E-state index in [0.717, 1.165) is 13.0 Å². The molecule has 4 rings (SSSR count). The van der Waals surface area contributed by atoms with Crippen molar-refractivity contribution in [1.82, 2.24) is 19.5 Å². The van der Waals surface area contributed by atoms with E-state index in [1.165, 1.54) is 6.33 Å². The van der Waals surface area contributed by atoms with Crippen LogP contribution in [-0.2, 0) is 9.47 Å². The molecule has 4 heterocycles. The summed E-state index contributed by atoms with van der Waals surface area (Å²) >= 11 is 0. The molecule has 2 aliphatic heterocycles. The van der Waals surface area contributed by atoms with Crippen LogP contribution in [0.15, 0.2) is 12.7 Å². The van der Waals surface area contributed by atoms with E-state index in [1.807, 2.05) is 6.92 Å². The molecule has 2 aliphatic rings. The van der Waals surface area contributed by atoms with Crippen LogP contribution in [0.2, 0.25) is 0 Å². The first-order chi connectivity index (χ1) is 11.7. The van der Waals surface area contributed by atoms with Gasteiger partial charge in [0.1, 0.15) is 12.4 Å². The lowest BCUT2D eigenvalue weighted by Crippen LogP contribution is -2.25. The molecular formula is C15H21N5O4. The van der Waals surface area contributed by atoms with Crippen LogP contribution in [0.4, 0.5) is 5.82 Å². The average molecular weight is 335 g/mol. The predicted octanol–water partition coefficient (Wildman–Crippen LogP) is -0.0862. The smallest absolute Gasteiger partial charge is 0.167 e.